The average molecular weight is 482 g/mol. The lowest BCUT2D eigenvalue weighted by atomic mass is 9.92. The third-order valence-electron chi connectivity index (χ3n) is 6.49. The molecule has 2 heterocycles. The van der Waals surface area contributed by atoms with E-state index in [4.69, 9.17) is 0 Å². The minimum absolute atomic E-state index is 0. The summed E-state index contributed by atoms with van der Waals surface area (Å²) >= 11 is 0. The maximum absolute atomic E-state index is 14.7. The molecule has 0 amide bonds. The van der Waals surface area contributed by atoms with Gasteiger partial charge in [0.2, 0.25) is 0 Å². The van der Waals surface area contributed by atoms with E-state index < -0.39 is 14.8 Å². The normalized spacial score (nSPS) is 14.8. The predicted octanol–water partition coefficient (Wildman–Crippen LogP) is 4.61. The van der Waals surface area contributed by atoms with Gasteiger partial charge in [-0.1, -0.05) is 78.9 Å². The van der Waals surface area contributed by atoms with Gasteiger partial charge in [0.05, 0.1) is 5.52 Å². The van der Waals surface area contributed by atoms with E-state index >= 15 is 0 Å². The van der Waals surface area contributed by atoms with Crippen LogP contribution < -0.4 is 10.2 Å². The van der Waals surface area contributed by atoms with Crippen LogP contribution in [0.15, 0.2) is 91.0 Å². The predicted molar refractivity (Wildman–Crippen MR) is 138 cm³/mol. The summed E-state index contributed by atoms with van der Waals surface area (Å²) in [6, 6.07) is 28.8. The Bertz CT molecular complexity index is 1290. The van der Waals surface area contributed by atoms with Crippen molar-refractivity contribution in [2.45, 2.75) is 11.7 Å². The van der Waals surface area contributed by atoms with Gasteiger partial charge in [-0.2, -0.15) is 0 Å². The average Bonchev–Trinajstić information content (AvgIpc) is 3.25. The molecular weight excluding hydrogens is 454 g/mol. The van der Waals surface area contributed by atoms with Gasteiger partial charge >= 0.3 is 0 Å². The molecule has 3 aromatic carbocycles. The summed E-state index contributed by atoms with van der Waals surface area (Å²) in [4.78, 5) is 2.17. The summed E-state index contributed by atoms with van der Waals surface area (Å²) in [6.07, 6.45) is 0. The van der Waals surface area contributed by atoms with Crippen molar-refractivity contribution >= 4 is 39.2 Å². The van der Waals surface area contributed by atoms with Crippen LogP contribution in [0.1, 0.15) is 18.1 Å². The fourth-order valence-corrected chi connectivity index (χ4v) is 6.71. The minimum atomic E-state index is -3.92. The van der Waals surface area contributed by atoms with Crippen molar-refractivity contribution in [1.82, 2.24) is 9.29 Å². The zero-order valence-electron chi connectivity index (χ0n) is 18.5. The molecule has 7 heteroatoms. The molecule has 0 radical (unpaired) electrons. The highest BCUT2D eigenvalue weighted by Gasteiger charge is 2.45. The van der Waals surface area contributed by atoms with Crippen LogP contribution in [0.4, 0.5) is 5.82 Å². The smallest absolute Gasteiger partial charge is 0.254 e. The van der Waals surface area contributed by atoms with Gasteiger partial charge in [-0.05, 0) is 30.2 Å². The van der Waals surface area contributed by atoms with Crippen molar-refractivity contribution < 1.29 is 8.42 Å². The number of anilines is 1. The van der Waals surface area contributed by atoms with Crippen molar-refractivity contribution in [3.05, 3.63) is 102 Å². The molecule has 1 N–H and O–H groups in total. The molecule has 0 spiro atoms. The van der Waals surface area contributed by atoms with Crippen LogP contribution in [-0.2, 0) is 14.8 Å². The summed E-state index contributed by atoms with van der Waals surface area (Å²) in [5, 5.41) is 4.28. The molecular formula is C26H28ClN3O2S. The fraction of sp³-hybridized carbons (Fsp3) is 0.231. The van der Waals surface area contributed by atoms with E-state index in [1.165, 1.54) is 0 Å². The van der Waals surface area contributed by atoms with Gasteiger partial charge in [0, 0.05) is 31.6 Å². The Kier molecular flexibility index (Phi) is 6.52. The fourth-order valence-electron chi connectivity index (χ4n) is 4.64. The van der Waals surface area contributed by atoms with Crippen molar-refractivity contribution in [2.24, 2.45) is 0 Å². The Hall–Kier alpha value is -2.80. The maximum atomic E-state index is 14.7. The molecule has 1 fully saturated rings. The molecule has 0 aliphatic carbocycles. The summed E-state index contributed by atoms with van der Waals surface area (Å²) in [7, 11) is -3.92. The molecule has 1 aliphatic rings. The zero-order valence-corrected chi connectivity index (χ0v) is 20.1. The van der Waals surface area contributed by atoms with Crippen LogP contribution >= 0.6 is 12.4 Å². The number of aromatic nitrogens is 1. The highest BCUT2D eigenvalue weighted by Crippen LogP contribution is 2.42. The van der Waals surface area contributed by atoms with Crippen LogP contribution in [0, 0.1) is 0 Å². The van der Waals surface area contributed by atoms with Gasteiger partial charge in [-0.15, -0.1) is 12.4 Å². The first-order valence-corrected chi connectivity index (χ1v) is 12.4. The number of para-hydroxylation sites is 1. The van der Waals surface area contributed by atoms with Gasteiger partial charge in [0.25, 0.3) is 10.0 Å². The van der Waals surface area contributed by atoms with E-state index in [1.54, 1.807) is 3.97 Å². The summed E-state index contributed by atoms with van der Waals surface area (Å²) < 4.78 is 29.7. The summed E-state index contributed by atoms with van der Waals surface area (Å²) in [5.41, 5.74) is 2.20. The van der Waals surface area contributed by atoms with Gasteiger partial charge in [0.15, 0.2) is 0 Å². The van der Waals surface area contributed by atoms with E-state index in [0.29, 0.717) is 5.52 Å². The molecule has 1 aliphatic heterocycles. The molecule has 1 saturated heterocycles. The molecule has 1 aromatic heterocycles. The monoisotopic (exact) mass is 481 g/mol. The Morgan fingerprint density at radius 2 is 1.30 bits per heavy atom. The Labute approximate surface area is 201 Å². The maximum Gasteiger partial charge on any atom is 0.254 e. The molecule has 33 heavy (non-hydrogen) atoms. The lowest BCUT2D eigenvalue weighted by molar-refractivity contribution is 0.551. The first kappa shape index (κ1) is 23.4. The summed E-state index contributed by atoms with van der Waals surface area (Å²) in [5.74, 6) is 0.728. The molecule has 172 valence electrons. The lowest BCUT2D eigenvalue weighted by Crippen LogP contribution is -2.46. The topological polar surface area (TPSA) is 54.3 Å². The van der Waals surface area contributed by atoms with Crippen LogP contribution in [0.3, 0.4) is 0 Å². The number of nitrogens with zero attached hydrogens (tertiary/aromatic N) is 2. The van der Waals surface area contributed by atoms with Crippen molar-refractivity contribution in [3.63, 3.8) is 0 Å². The van der Waals surface area contributed by atoms with Gasteiger partial charge in [0.1, 0.15) is 10.6 Å². The van der Waals surface area contributed by atoms with E-state index in [-0.39, 0.29) is 12.4 Å². The number of hydrogen-bond donors (Lipinski definition) is 1. The van der Waals surface area contributed by atoms with Crippen molar-refractivity contribution in [1.29, 1.82) is 0 Å². The van der Waals surface area contributed by atoms with Crippen LogP contribution in [0.25, 0.3) is 10.9 Å². The van der Waals surface area contributed by atoms with Crippen molar-refractivity contribution in [3.8, 4) is 0 Å². The lowest BCUT2D eigenvalue weighted by Gasteiger charge is -2.35. The number of fused-ring (bicyclic) bond motifs is 1. The molecule has 0 bridgehead atoms. The second-order valence-electron chi connectivity index (χ2n) is 8.33. The van der Waals surface area contributed by atoms with Gasteiger partial charge in [-0.25, -0.2) is 12.4 Å². The summed E-state index contributed by atoms with van der Waals surface area (Å²) in [6.45, 7) is 5.01. The quantitative estimate of drug-likeness (QED) is 0.452. The van der Waals surface area contributed by atoms with Crippen LogP contribution in [0.5, 0.6) is 0 Å². The SMILES string of the molecule is CC(c1ccccc1)(c1ccccc1)S(=O)(=O)n1c(N2CCNCC2)cc2ccccc21.Cl. The molecule has 0 saturated carbocycles. The van der Waals surface area contributed by atoms with E-state index in [0.717, 1.165) is 48.5 Å². The molecule has 0 unspecified atom stereocenters. The van der Waals surface area contributed by atoms with Gasteiger partial charge in [-0.3, -0.25) is 0 Å². The second kappa shape index (κ2) is 9.21. The Morgan fingerprint density at radius 3 is 1.88 bits per heavy atom. The number of nitrogens with one attached hydrogen (secondary N) is 1. The number of rotatable bonds is 5. The molecule has 5 rings (SSSR count). The van der Waals surface area contributed by atoms with Gasteiger partial charge < -0.3 is 10.2 Å². The number of halogens is 1. The first-order chi connectivity index (χ1) is 15.5. The third-order valence-corrected chi connectivity index (χ3v) is 8.86. The molecule has 4 aromatic rings. The second-order valence-corrected chi connectivity index (χ2v) is 10.5. The first-order valence-electron chi connectivity index (χ1n) is 11.0. The van der Waals surface area contributed by atoms with Crippen molar-refractivity contribution in [2.75, 3.05) is 31.1 Å². The van der Waals surface area contributed by atoms with E-state index in [1.807, 2.05) is 97.9 Å². The standard InChI is InChI=1S/C26H27N3O2S.ClH/c1-26(22-11-4-2-5-12-22,23-13-6-3-7-14-23)32(30,31)29-24-15-9-8-10-21(24)20-25(29)28-18-16-27-17-19-28;/h2-15,20,27H,16-19H2,1H3;1H. The largest absolute Gasteiger partial charge is 0.355 e. The number of hydrogen-bond acceptors (Lipinski definition) is 4. The highest BCUT2D eigenvalue weighted by atomic mass is 35.5. The highest BCUT2D eigenvalue weighted by molar-refractivity contribution is 7.91. The molecule has 5 nitrogen and oxygen atoms in total. The Morgan fingerprint density at radius 1 is 0.788 bits per heavy atom. The Balaban J connectivity index is 0.00000259. The van der Waals surface area contributed by atoms with Crippen LogP contribution in [0.2, 0.25) is 0 Å². The number of piperazine rings is 1. The van der Waals surface area contributed by atoms with E-state index in [2.05, 4.69) is 10.2 Å². The molecule has 0 atom stereocenters. The third kappa shape index (κ3) is 3.82. The van der Waals surface area contributed by atoms with Crippen LogP contribution in [-0.4, -0.2) is 38.6 Å². The minimum Gasteiger partial charge on any atom is -0.355 e. The zero-order chi connectivity index (χ0) is 22.2. The van der Waals surface area contributed by atoms with E-state index in [9.17, 15) is 8.42 Å². The number of benzene rings is 3.